The van der Waals surface area contributed by atoms with E-state index in [1.165, 1.54) is 6.33 Å². The molecule has 4 rings (SSSR count). The quantitative estimate of drug-likeness (QED) is 0.681. The van der Waals surface area contributed by atoms with Crippen molar-refractivity contribution in [1.82, 2.24) is 19.4 Å². The Kier molecular flexibility index (Phi) is 4.98. The topological polar surface area (TPSA) is 60.3 Å². The predicted octanol–water partition coefficient (Wildman–Crippen LogP) is 2.89. The van der Waals surface area contributed by atoms with Crippen LogP contribution in [0.3, 0.4) is 0 Å². The Hall–Kier alpha value is -2.96. The van der Waals surface area contributed by atoms with E-state index >= 15 is 0 Å². The molecule has 7 heteroatoms. The van der Waals surface area contributed by atoms with Gasteiger partial charge in [0.15, 0.2) is 0 Å². The lowest BCUT2D eigenvalue weighted by molar-refractivity contribution is -0.129. The monoisotopic (exact) mass is 382 g/mol. The number of likely N-dealkylation sites (tertiary alicyclic amines) is 1. The van der Waals surface area contributed by atoms with E-state index < -0.39 is 5.82 Å². The van der Waals surface area contributed by atoms with Gasteiger partial charge in [-0.25, -0.2) is 4.98 Å². The smallest absolute Gasteiger partial charge is 0.254 e. The van der Waals surface area contributed by atoms with E-state index in [-0.39, 0.29) is 17.9 Å². The Bertz CT molecular complexity index is 1020. The number of aryl methyl sites for hydroxylation is 2. The molecule has 0 N–H and O–H groups in total. The van der Waals surface area contributed by atoms with Crippen LogP contribution in [0.5, 0.6) is 5.88 Å². The van der Waals surface area contributed by atoms with Crippen molar-refractivity contribution in [2.45, 2.75) is 32.3 Å². The third-order valence-corrected chi connectivity index (χ3v) is 5.26. The molecule has 0 bridgehead atoms. The van der Waals surface area contributed by atoms with Gasteiger partial charge in [-0.1, -0.05) is 25.1 Å². The third kappa shape index (κ3) is 3.44. The summed E-state index contributed by atoms with van der Waals surface area (Å²) in [5, 5.41) is 1.10. The minimum absolute atomic E-state index is 0.0276. The van der Waals surface area contributed by atoms with E-state index in [0.717, 1.165) is 16.5 Å². The van der Waals surface area contributed by atoms with Crippen molar-refractivity contribution >= 4 is 16.8 Å². The van der Waals surface area contributed by atoms with Crippen LogP contribution < -0.4 is 4.74 Å². The molecule has 0 aliphatic carbocycles. The highest BCUT2D eigenvalue weighted by molar-refractivity contribution is 5.89. The van der Waals surface area contributed by atoms with Gasteiger partial charge in [0.1, 0.15) is 12.4 Å². The highest BCUT2D eigenvalue weighted by Crippen LogP contribution is 2.24. The van der Waals surface area contributed by atoms with Gasteiger partial charge in [-0.2, -0.15) is 9.37 Å². The molecule has 0 unspecified atom stereocenters. The number of benzene rings is 1. The number of fused-ring (bicyclic) bond motifs is 1. The van der Waals surface area contributed by atoms with Crippen molar-refractivity contribution in [1.29, 1.82) is 0 Å². The molecular formula is C21H23FN4O2. The molecule has 3 aromatic rings. The number of halogens is 1. The lowest BCUT2D eigenvalue weighted by Crippen LogP contribution is -2.32. The second-order valence-electron chi connectivity index (χ2n) is 7.12. The first-order valence-electron chi connectivity index (χ1n) is 9.53. The van der Waals surface area contributed by atoms with Gasteiger partial charge >= 0.3 is 0 Å². The van der Waals surface area contributed by atoms with Crippen molar-refractivity contribution in [3.8, 4) is 5.88 Å². The maximum absolute atomic E-state index is 14.3. The Labute approximate surface area is 163 Å². The summed E-state index contributed by atoms with van der Waals surface area (Å²) < 4.78 is 22.1. The molecule has 1 aliphatic rings. The zero-order valence-electron chi connectivity index (χ0n) is 16.1. The van der Waals surface area contributed by atoms with E-state index in [4.69, 9.17) is 4.74 Å². The molecule has 3 heterocycles. The lowest BCUT2D eigenvalue weighted by Gasteiger charge is -2.17. The van der Waals surface area contributed by atoms with Gasteiger partial charge < -0.3 is 14.2 Å². The van der Waals surface area contributed by atoms with E-state index in [2.05, 4.69) is 9.97 Å². The minimum atomic E-state index is -0.509. The summed E-state index contributed by atoms with van der Waals surface area (Å²) in [7, 11) is 1.98. The Morgan fingerprint density at radius 1 is 1.32 bits per heavy atom. The van der Waals surface area contributed by atoms with Crippen molar-refractivity contribution < 1.29 is 13.9 Å². The SMILES string of the molecule is CCc1ncnc(O[C@H]2CCN(C(=O)Cc3cn(C)c4ccccc34)C2)c1F. The summed E-state index contributed by atoms with van der Waals surface area (Å²) in [6.07, 6.45) is 4.54. The molecule has 28 heavy (non-hydrogen) atoms. The molecule has 0 radical (unpaired) electrons. The summed E-state index contributed by atoms with van der Waals surface area (Å²) in [5.41, 5.74) is 2.47. The normalized spacial score (nSPS) is 16.7. The summed E-state index contributed by atoms with van der Waals surface area (Å²) in [4.78, 5) is 22.4. The summed E-state index contributed by atoms with van der Waals surface area (Å²) in [6.45, 7) is 2.87. The van der Waals surface area contributed by atoms with Crippen LogP contribution in [-0.2, 0) is 24.7 Å². The molecule has 1 amide bonds. The molecule has 1 aliphatic heterocycles. The van der Waals surface area contributed by atoms with Crippen molar-refractivity contribution in [2.75, 3.05) is 13.1 Å². The number of carbonyl (C=O) groups excluding carboxylic acids is 1. The van der Waals surface area contributed by atoms with Gasteiger partial charge in [-0.15, -0.1) is 0 Å². The maximum Gasteiger partial charge on any atom is 0.254 e. The van der Waals surface area contributed by atoms with Gasteiger partial charge in [-0.05, 0) is 18.1 Å². The molecule has 0 saturated carbocycles. The average Bonchev–Trinajstić information content (AvgIpc) is 3.29. The minimum Gasteiger partial charge on any atom is -0.470 e. The number of ether oxygens (including phenoxy) is 1. The first-order valence-corrected chi connectivity index (χ1v) is 9.53. The van der Waals surface area contributed by atoms with Crippen LogP contribution in [0.15, 0.2) is 36.8 Å². The first kappa shape index (κ1) is 18.4. The van der Waals surface area contributed by atoms with Crippen LogP contribution in [0.4, 0.5) is 4.39 Å². The molecule has 2 aromatic heterocycles. The standard InChI is InChI=1S/C21H23FN4O2/c1-3-17-20(22)21(24-13-23-17)28-15-8-9-26(12-15)19(27)10-14-11-25(2)18-7-5-4-6-16(14)18/h4-7,11,13,15H,3,8-10,12H2,1-2H3/t15-/m0/s1. The lowest BCUT2D eigenvalue weighted by atomic mass is 10.1. The molecular weight excluding hydrogens is 359 g/mol. The van der Waals surface area contributed by atoms with Crippen molar-refractivity contribution in [3.63, 3.8) is 0 Å². The van der Waals surface area contributed by atoms with Gasteiger partial charge in [0, 0.05) is 37.1 Å². The van der Waals surface area contributed by atoms with Crippen LogP contribution in [-0.4, -0.2) is 44.5 Å². The van der Waals surface area contributed by atoms with Crippen LogP contribution in [0.2, 0.25) is 0 Å². The second kappa shape index (κ2) is 7.58. The fourth-order valence-corrected chi connectivity index (χ4v) is 3.77. The molecule has 1 saturated heterocycles. The van der Waals surface area contributed by atoms with Crippen molar-refractivity contribution in [3.05, 3.63) is 53.9 Å². The second-order valence-corrected chi connectivity index (χ2v) is 7.12. The average molecular weight is 382 g/mol. The number of rotatable bonds is 5. The molecule has 146 valence electrons. The Morgan fingerprint density at radius 3 is 2.96 bits per heavy atom. The predicted molar refractivity (Wildman–Crippen MR) is 104 cm³/mol. The van der Waals surface area contributed by atoms with Crippen LogP contribution in [0.25, 0.3) is 10.9 Å². The zero-order chi connectivity index (χ0) is 19.7. The van der Waals surface area contributed by atoms with E-state index in [1.54, 1.807) is 4.90 Å². The van der Waals surface area contributed by atoms with Gasteiger partial charge in [0.05, 0.1) is 18.7 Å². The molecule has 1 atom stereocenters. The van der Waals surface area contributed by atoms with Gasteiger partial charge in [0.25, 0.3) is 5.88 Å². The molecule has 1 fully saturated rings. The largest absolute Gasteiger partial charge is 0.470 e. The first-order chi connectivity index (χ1) is 13.6. The Balaban J connectivity index is 1.42. The van der Waals surface area contributed by atoms with Gasteiger partial charge in [-0.3, -0.25) is 4.79 Å². The summed E-state index contributed by atoms with van der Waals surface area (Å²) >= 11 is 0. The molecule has 0 spiro atoms. The maximum atomic E-state index is 14.3. The Morgan fingerprint density at radius 2 is 2.14 bits per heavy atom. The van der Waals surface area contributed by atoms with Crippen LogP contribution >= 0.6 is 0 Å². The number of amides is 1. The summed E-state index contributed by atoms with van der Waals surface area (Å²) in [5.74, 6) is -0.481. The summed E-state index contributed by atoms with van der Waals surface area (Å²) in [6, 6.07) is 8.06. The van der Waals surface area contributed by atoms with Crippen molar-refractivity contribution in [2.24, 2.45) is 7.05 Å². The molecule has 6 nitrogen and oxygen atoms in total. The van der Waals surface area contributed by atoms with E-state index in [0.29, 0.717) is 38.0 Å². The van der Waals surface area contributed by atoms with Crippen LogP contribution in [0.1, 0.15) is 24.6 Å². The number of hydrogen-bond donors (Lipinski definition) is 0. The zero-order valence-corrected chi connectivity index (χ0v) is 16.1. The van der Waals surface area contributed by atoms with Crippen LogP contribution in [0, 0.1) is 5.82 Å². The number of nitrogens with zero attached hydrogens (tertiary/aromatic N) is 4. The highest BCUT2D eigenvalue weighted by atomic mass is 19.1. The van der Waals surface area contributed by atoms with Gasteiger partial charge in [0.2, 0.25) is 11.7 Å². The number of para-hydroxylation sites is 1. The van der Waals surface area contributed by atoms with E-state index in [9.17, 15) is 9.18 Å². The highest BCUT2D eigenvalue weighted by Gasteiger charge is 2.29. The number of hydrogen-bond acceptors (Lipinski definition) is 4. The molecule has 1 aromatic carbocycles. The fourth-order valence-electron chi connectivity index (χ4n) is 3.77. The van der Waals surface area contributed by atoms with E-state index in [1.807, 2.05) is 49.0 Å². The third-order valence-electron chi connectivity index (χ3n) is 5.26. The number of carbonyl (C=O) groups is 1. The fraction of sp³-hybridized carbons (Fsp3) is 0.381. The number of aromatic nitrogens is 3.